The van der Waals surface area contributed by atoms with Crippen LogP contribution in [0, 0.1) is 11.6 Å². The first kappa shape index (κ1) is 27.1. The summed E-state index contributed by atoms with van der Waals surface area (Å²) in [6.45, 7) is 3.74. The molecule has 0 radical (unpaired) electrons. The minimum absolute atomic E-state index is 0.0354. The molecule has 202 valence electrons. The molecular weight excluding hydrogens is 500 g/mol. The summed E-state index contributed by atoms with van der Waals surface area (Å²) in [5, 5.41) is 11.4. The SMILES string of the molecule is COc1cccc(OC)c1-n1c(COC(C)C)nc(=O)c(C(=O)N2CCC(c3ccc(F)cc3F)C2)c1O. The number of aromatic nitrogens is 2. The largest absolute Gasteiger partial charge is 0.494 e. The standard InChI is InChI=1S/C27H29F2N3O6/c1-15(2)38-14-22-30-25(33)23(27(35)32(22)24-20(36-3)6-5-7-21(24)37-4)26(34)31-11-10-16(13-31)18-9-8-17(28)12-19(18)29/h5-9,12,15-16,35H,10-11,13-14H2,1-4H3. The molecule has 2 aromatic carbocycles. The summed E-state index contributed by atoms with van der Waals surface area (Å²) in [6, 6.07) is 8.26. The maximum absolute atomic E-state index is 14.4. The molecule has 1 N–H and O–H groups in total. The molecule has 1 aromatic heterocycles. The van der Waals surface area contributed by atoms with E-state index in [1.807, 2.05) is 0 Å². The summed E-state index contributed by atoms with van der Waals surface area (Å²) in [7, 11) is 2.86. The molecule has 0 aliphatic carbocycles. The molecule has 38 heavy (non-hydrogen) atoms. The van der Waals surface area contributed by atoms with Crippen molar-refractivity contribution in [2.24, 2.45) is 0 Å². The van der Waals surface area contributed by atoms with Gasteiger partial charge in [-0.3, -0.25) is 14.2 Å². The lowest BCUT2D eigenvalue weighted by Gasteiger charge is -2.23. The summed E-state index contributed by atoms with van der Waals surface area (Å²) >= 11 is 0. The number of nitrogens with zero attached hydrogens (tertiary/aromatic N) is 3. The Morgan fingerprint density at radius 2 is 1.84 bits per heavy atom. The molecule has 11 heteroatoms. The Labute approximate surface area is 218 Å². The molecule has 1 saturated heterocycles. The van der Waals surface area contributed by atoms with Crippen LogP contribution >= 0.6 is 0 Å². The number of aromatic hydroxyl groups is 1. The fourth-order valence-corrected chi connectivity index (χ4v) is 4.55. The van der Waals surface area contributed by atoms with E-state index in [0.717, 1.165) is 12.1 Å². The topological polar surface area (TPSA) is 103 Å². The van der Waals surface area contributed by atoms with E-state index in [-0.39, 0.29) is 42.9 Å². The average molecular weight is 530 g/mol. The number of benzene rings is 2. The maximum atomic E-state index is 14.4. The van der Waals surface area contributed by atoms with Gasteiger partial charge in [0, 0.05) is 25.1 Å². The minimum atomic E-state index is -0.934. The van der Waals surface area contributed by atoms with E-state index in [2.05, 4.69) is 4.98 Å². The van der Waals surface area contributed by atoms with E-state index in [1.165, 1.54) is 29.8 Å². The quantitative estimate of drug-likeness (QED) is 0.474. The number of likely N-dealkylation sites (tertiary alicyclic amines) is 1. The lowest BCUT2D eigenvalue weighted by atomic mass is 9.98. The van der Waals surface area contributed by atoms with Crippen LogP contribution in [-0.2, 0) is 11.3 Å². The smallest absolute Gasteiger partial charge is 0.289 e. The van der Waals surface area contributed by atoms with Crippen LogP contribution in [0.4, 0.5) is 8.78 Å². The molecule has 9 nitrogen and oxygen atoms in total. The predicted octanol–water partition coefficient (Wildman–Crippen LogP) is 3.79. The highest BCUT2D eigenvalue weighted by molar-refractivity contribution is 5.96. The van der Waals surface area contributed by atoms with Gasteiger partial charge in [-0.25, -0.2) is 8.78 Å². The third kappa shape index (κ3) is 5.19. The molecule has 1 atom stereocenters. The molecule has 1 aliphatic rings. The van der Waals surface area contributed by atoms with Gasteiger partial charge < -0.3 is 24.2 Å². The molecule has 0 spiro atoms. The van der Waals surface area contributed by atoms with Crippen molar-refractivity contribution in [1.29, 1.82) is 0 Å². The number of carbonyl (C=O) groups excluding carboxylic acids is 1. The fourth-order valence-electron chi connectivity index (χ4n) is 4.55. The summed E-state index contributed by atoms with van der Waals surface area (Å²) < 4.78 is 45.5. The van der Waals surface area contributed by atoms with Crippen molar-refractivity contribution < 1.29 is 32.9 Å². The van der Waals surface area contributed by atoms with Crippen LogP contribution in [0.5, 0.6) is 17.4 Å². The third-order valence-electron chi connectivity index (χ3n) is 6.40. The highest BCUT2D eigenvalue weighted by Crippen LogP contribution is 2.37. The molecule has 2 heterocycles. The number of amides is 1. The number of halogens is 2. The van der Waals surface area contributed by atoms with Crippen molar-refractivity contribution in [2.45, 2.75) is 38.9 Å². The first-order valence-electron chi connectivity index (χ1n) is 12.1. The molecule has 1 fully saturated rings. The Kier molecular flexibility index (Phi) is 7.96. The zero-order valence-corrected chi connectivity index (χ0v) is 21.5. The average Bonchev–Trinajstić information content (AvgIpc) is 3.37. The van der Waals surface area contributed by atoms with Gasteiger partial charge in [0.25, 0.3) is 11.5 Å². The first-order chi connectivity index (χ1) is 18.2. The van der Waals surface area contributed by atoms with Crippen molar-refractivity contribution >= 4 is 5.91 Å². The van der Waals surface area contributed by atoms with E-state index >= 15 is 0 Å². The van der Waals surface area contributed by atoms with Crippen molar-refractivity contribution in [1.82, 2.24) is 14.5 Å². The number of methoxy groups -OCH3 is 2. The second-order valence-corrected chi connectivity index (χ2v) is 9.14. The number of carbonyl (C=O) groups is 1. The zero-order valence-electron chi connectivity index (χ0n) is 21.5. The van der Waals surface area contributed by atoms with Crippen molar-refractivity contribution in [3.63, 3.8) is 0 Å². The molecule has 1 amide bonds. The van der Waals surface area contributed by atoms with Gasteiger partial charge in [0.2, 0.25) is 5.88 Å². The van der Waals surface area contributed by atoms with Crippen molar-refractivity contribution in [3.05, 3.63) is 75.3 Å². The molecule has 3 aromatic rings. The van der Waals surface area contributed by atoms with E-state index in [1.54, 1.807) is 32.0 Å². The predicted molar refractivity (Wildman–Crippen MR) is 134 cm³/mol. The number of para-hydroxylation sites is 1. The molecule has 4 rings (SSSR count). The van der Waals surface area contributed by atoms with E-state index < -0.39 is 40.5 Å². The van der Waals surface area contributed by atoms with E-state index in [0.29, 0.717) is 17.9 Å². The summed E-state index contributed by atoms with van der Waals surface area (Å²) in [5.41, 5.74) is -0.976. The fraction of sp³-hybridized carbons (Fsp3) is 0.370. The van der Waals surface area contributed by atoms with Gasteiger partial charge in [-0.15, -0.1) is 0 Å². The summed E-state index contributed by atoms with van der Waals surface area (Å²) in [4.78, 5) is 32.1. The molecule has 1 unspecified atom stereocenters. The van der Waals surface area contributed by atoms with Gasteiger partial charge in [-0.05, 0) is 44.0 Å². The molecule has 0 saturated carbocycles. The van der Waals surface area contributed by atoms with Gasteiger partial charge >= 0.3 is 0 Å². The Hall–Kier alpha value is -3.99. The van der Waals surface area contributed by atoms with Crippen LogP contribution in [0.2, 0.25) is 0 Å². The highest BCUT2D eigenvalue weighted by atomic mass is 19.1. The van der Waals surface area contributed by atoms with Crippen LogP contribution in [0.15, 0.2) is 41.2 Å². The van der Waals surface area contributed by atoms with Crippen molar-refractivity contribution in [3.8, 4) is 23.1 Å². The second-order valence-electron chi connectivity index (χ2n) is 9.14. The number of hydrogen-bond donors (Lipinski definition) is 1. The molecule has 1 aliphatic heterocycles. The van der Waals surface area contributed by atoms with Gasteiger partial charge in [-0.2, -0.15) is 4.98 Å². The van der Waals surface area contributed by atoms with Gasteiger partial charge in [0.05, 0.1) is 20.3 Å². The minimum Gasteiger partial charge on any atom is -0.494 e. The first-order valence-corrected chi connectivity index (χ1v) is 12.1. The van der Waals surface area contributed by atoms with Crippen molar-refractivity contribution in [2.75, 3.05) is 27.3 Å². The number of hydrogen-bond acceptors (Lipinski definition) is 7. The highest BCUT2D eigenvalue weighted by Gasteiger charge is 2.34. The van der Waals surface area contributed by atoms with E-state index in [4.69, 9.17) is 14.2 Å². The molecule has 0 bridgehead atoms. The lowest BCUT2D eigenvalue weighted by molar-refractivity contribution is 0.0590. The van der Waals surface area contributed by atoms with Crippen LogP contribution < -0.4 is 15.0 Å². The van der Waals surface area contributed by atoms with Crippen LogP contribution in [0.1, 0.15) is 47.9 Å². The second kappa shape index (κ2) is 11.2. The number of ether oxygens (including phenoxy) is 3. The summed E-state index contributed by atoms with van der Waals surface area (Å²) in [6.07, 6.45) is 0.189. The summed E-state index contributed by atoms with van der Waals surface area (Å²) in [5.74, 6) is -2.58. The van der Waals surface area contributed by atoms with E-state index in [9.17, 15) is 23.5 Å². The van der Waals surface area contributed by atoms with Crippen LogP contribution in [0.25, 0.3) is 5.69 Å². The Bertz CT molecular complexity index is 1390. The Morgan fingerprint density at radius 1 is 1.16 bits per heavy atom. The lowest BCUT2D eigenvalue weighted by Crippen LogP contribution is -2.35. The third-order valence-corrected chi connectivity index (χ3v) is 6.40. The molecular formula is C27H29F2N3O6. The normalized spacial score (nSPS) is 15.2. The van der Waals surface area contributed by atoms with Gasteiger partial charge in [0.15, 0.2) is 5.56 Å². The van der Waals surface area contributed by atoms with Crippen LogP contribution in [0.3, 0.4) is 0 Å². The van der Waals surface area contributed by atoms with Crippen LogP contribution in [-0.4, -0.2) is 58.9 Å². The zero-order chi connectivity index (χ0) is 27.6. The Balaban J connectivity index is 1.79. The van der Waals surface area contributed by atoms with Gasteiger partial charge in [0.1, 0.15) is 41.3 Å². The Morgan fingerprint density at radius 3 is 2.45 bits per heavy atom. The maximum Gasteiger partial charge on any atom is 0.289 e. The van der Waals surface area contributed by atoms with Gasteiger partial charge in [-0.1, -0.05) is 12.1 Å². The number of rotatable bonds is 8. The monoisotopic (exact) mass is 529 g/mol.